The number of fused-ring (bicyclic) bond motifs is 1. The third-order valence-corrected chi connectivity index (χ3v) is 10.1. The highest BCUT2D eigenvalue weighted by Crippen LogP contribution is 2.37. The van der Waals surface area contributed by atoms with Crippen molar-refractivity contribution in [2.45, 2.75) is 116 Å². The molecular weight excluding hydrogens is 783 g/mol. The van der Waals surface area contributed by atoms with E-state index in [1.807, 2.05) is 0 Å². The van der Waals surface area contributed by atoms with Crippen LogP contribution in [-0.4, -0.2) is 110 Å². The SMILES string of the molecule is CC(=S)N[C@H]1CCCCNC(=O)[C@H]2CCCN2C(=O)[C@H](C(C)C)NC(=O)[C@@H](CC(N)=O)NC(=O)[C@H](C(C)C)NC(=O)[C@@H](Cc2ccc(OP(=O)(O)O)cc2)NC1=O. The van der Waals surface area contributed by atoms with Crippen molar-refractivity contribution in [2.75, 3.05) is 13.1 Å². The molecule has 2 aliphatic heterocycles. The lowest BCUT2D eigenvalue weighted by molar-refractivity contribution is -0.143. The zero-order valence-electron chi connectivity index (χ0n) is 32.7. The summed E-state index contributed by atoms with van der Waals surface area (Å²) in [5, 5.41) is 16.4. The molecule has 0 bridgehead atoms. The molecule has 21 heteroatoms. The molecule has 0 aliphatic carbocycles. The summed E-state index contributed by atoms with van der Waals surface area (Å²) in [6, 6.07) is -1.54. The van der Waals surface area contributed by atoms with E-state index >= 15 is 0 Å². The Hall–Kier alpha value is -4.65. The van der Waals surface area contributed by atoms with Gasteiger partial charge >= 0.3 is 7.82 Å². The number of rotatable bonds is 9. The molecule has 0 radical (unpaired) electrons. The molecule has 6 atom stereocenters. The van der Waals surface area contributed by atoms with Crippen molar-refractivity contribution >= 4 is 66.4 Å². The first-order valence-electron chi connectivity index (χ1n) is 18.9. The Labute approximate surface area is 337 Å². The maximum absolute atomic E-state index is 14.0. The maximum Gasteiger partial charge on any atom is 0.524 e. The smallest absolute Gasteiger partial charge is 0.404 e. The molecule has 0 aromatic heterocycles. The van der Waals surface area contributed by atoms with Crippen LogP contribution in [0.15, 0.2) is 24.3 Å². The lowest BCUT2D eigenvalue weighted by Gasteiger charge is -2.32. The van der Waals surface area contributed by atoms with E-state index in [-0.39, 0.29) is 37.6 Å². The van der Waals surface area contributed by atoms with E-state index in [2.05, 4.69) is 36.4 Å². The van der Waals surface area contributed by atoms with Crippen LogP contribution in [0.25, 0.3) is 0 Å². The van der Waals surface area contributed by atoms with Gasteiger partial charge in [0.25, 0.3) is 0 Å². The van der Waals surface area contributed by atoms with Gasteiger partial charge in [-0.1, -0.05) is 52.0 Å². The highest BCUT2D eigenvalue weighted by Gasteiger charge is 2.40. The van der Waals surface area contributed by atoms with Gasteiger partial charge in [-0.2, -0.15) is 0 Å². The zero-order valence-corrected chi connectivity index (χ0v) is 34.5. The monoisotopic (exact) mass is 838 g/mol. The van der Waals surface area contributed by atoms with E-state index in [1.165, 1.54) is 29.2 Å². The number of phosphoric ester groups is 1. The summed E-state index contributed by atoms with van der Waals surface area (Å²) in [5.74, 6) is -6.12. The van der Waals surface area contributed by atoms with Gasteiger partial charge in [0.2, 0.25) is 41.4 Å². The number of carbonyl (C=O) groups is 7. The molecule has 1 aromatic rings. The van der Waals surface area contributed by atoms with Gasteiger partial charge in [0.1, 0.15) is 42.0 Å². The average Bonchev–Trinajstić information content (AvgIpc) is 3.60. The van der Waals surface area contributed by atoms with Gasteiger partial charge in [0.15, 0.2) is 0 Å². The number of phosphoric acid groups is 1. The van der Waals surface area contributed by atoms with Crippen molar-refractivity contribution < 1.29 is 52.4 Å². The van der Waals surface area contributed by atoms with Crippen LogP contribution in [0.5, 0.6) is 5.75 Å². The first-order valence-corrected chi connectivity index (χ1v) is 20.8. The topological polar surface area (TPSA) is 288 Å². The van der Waals surface area contributed by atoms with E-state index in [1.54, 1.807) is 34.6 Å². The molecule has 2 saturated heterocycles. The summed E-state index contributed by atoms with van der Waals surface area (Å²) in [6.07, 6.45) is 1.33. The van der Waals surface area contributed by atoms with Crippen LogP contribution >= 0.6 is 20.0 Å². The number of benzene rings is 1. The van der Waals surface area contributed by atoms with E-state index in [0.29, 0.717) is 36.2 Å². The number of nitrogens with zero attached hydrogens (tertiary/aromatic N) is 1. The molecule has 57 heavy (non-hydrogen) atoms. The van der Waals surface area contributed by atoms with Crippen molar-refractivity contribution in [3.05, 3.63) is 29.8 Å². The van der Waals surface area contributed by atoms with Crippen molar-refractivity contribution in [3.8, 4) is 5.75 Å². The summed E-state index contributed by atoms with van der Waals surface area (Å²) in [5.41, 5.74) is 5.91. The van der Waals surface area contributed by atoms with E-state index in [9.17, 15) is 38.1 Å². The normalized spacial score (nSPS) is 25.2. The largest absolute Gasteiger partial charge is 0.524 e. The van der Waals surface area contributed by atoms with Gasteiger partial charge in [-0.25, -0.2) is 4.57 Å². The maximum atomic E-state index is 14.0. The highest BCUT2D eigenvalue weighted by atomic mass is 32.1. The molecule has 0 spiro atoms. The van der Waals surface area contributed by atoms with Gasteiger partial charge in [0.05, 0.1) is 11.4 Å². The highest BCUT2D eigenvalue weighted by molar-refractivity contribution is 7.80. The molecule has 316 valence electrons. The van der Waals surface area contributed by atoms with Gasteiger partial charge in [-0.3, -0.25) is 43.3 Å². The minimum absolute atomic E-state index is 0.143. The Morgan fingerprint density at radius 3 is 2.04 bits per heavy atom. The van der Waals surface area contributed by atoms with E-state index in [4.69, 9.17) is 27.7 Å². The summed E-state index contributed by atoms with van der Waals surface area (Å²) >= 11 is 5.23. The molecule has 0 unspecified atom stereocenters. The van der Waals surface area contributed by atoms with Crippen molar-refractivity contribution in [1.82, 2.24) is 36.8 Å². The number of amides is 7. The molecule has 19 nitrogen and oxygen atoms in total. The predicted octanol–water partition coefficient (Wildman–Crippen LogP) is -0.576. The van der Waals surface area contributed by atoms with Crippen LogP contribution < -0.4 is 42.2 Å². The third kappa shape index (κ3) is 14.7. The third-order valence-electron chi connectivity index (χ3n) is 9.49. The Morgan fingerprint density at radius 2 is 1.46 bits per heavy atom. The molecule has 2 fully saturated rings. The van der Waals surface area contributed by atoms with E-state index < -0.39 is 97.8 Å². The lowest BCUT2D eigenvalue weighted by Crippen LogP contribution is -2.61. The Balaban J connectivity index is 2.02. The summed E-state index contributed by atoms with van der Waals surface area (Å²) in [6.45, 7) is 8.78. The molecule has 2 heterocycles. The molecule has 10 N–H and O–H groups in total. The van der Waals surface area contributed by atoms with Gasteiger partial charge in [-0.15, -0.1) is 0 Å². The number of carbonyl (C=O) groups excluding carboxylic acids is 7. The van der Waals surface area contributed by atoms with Gasteiger partial charge < -0.3 is 47.1 Å². The molecule has 3 rings (SSSR count). The predicted molar refractivity (Wildman–Crippen MR) is 211 cm³/mol. The molecule has 7 amide bonds. The second-order valence-electron chi connectivity index (χ2n) is 14.9. The number of hydrogen-bond donors (Lipinski definition) is 9. The van der Waals surface area contributed by atoms with Crippen LogP contribution in [-0.2, 0) is 44.5 Å². The summed E-state index contributed by atoms with van der Waals surface area (Å²) in [7, 11) is -4.85. The van der Waals surface area contributed by atoms with Crippen LogP contribution in [0.4, 0.5) is 0 Å². The van der Waals surface area contributed by atoms with Gasteiger partial charge in [0, 0.05) is 19.5 Å². The number of nitrogens with two attached hydrogens (primary N) is 1. The number of primary amides is 1. The molecule has 1 aromatic carbocycles. The lowest BCUT2D eigenvalue weighted by atomic mass is 9.99. The van der Waals surface area contributed by atoms with Crippen LogP contribution in [0.1, 0.15) is 78.7 Å². The molecular formula is C36H55N8O11PS. The Morgan fingerprint density at radius 1 is 0.860 bits per heavy atom. The quantitative estimate of drug-likeness (QED) is 0.111. The van der Waals surface area contributed by atoms with Crippen LogP contribution in [0, 0.1) is 11.8 Å². The second kappa shape index (κ2) is 21.2. The minimum Gasteiger partial charge on any atom is -0.404 e. The number of thiocarbonyl (C=S) groups is 1. The average molecular weight is 839 g/mol. The summed E-state index contributed by atoms with van der Waals surface area (Å²) < 4.78 is 15.9. The van der Waals surface area contributed by atoms with Crippen LogP contribution in [0.3, 0.4) is 0 Å². The first-order chi connectivity index (χ1) is 26.7. The Kier molecular flexibility index (Phi) is 17.4. The Bertz CT molecular complexity index is 1710. The molecule has 0 saturated carbocycles. The van der Waals surface area contributed by atoms with Crippen LogP contribution in [0.2, 0.25) is 0 Å². The standard InChI is InChI=1S/C36H55N8O11PS/c1-19(2)29-35(50)41-26(18-28(37)45)33(48)43-30(20(3)4)36(51)44-16-8-10-27(44)34(49)38-15-7-6-9-24(39-21(5)57)31(46)40-25(32(47)42-29)17-22-11-13-23(14-12-22)55-56(52,53)54/h11-14,19-20,24-27,29-30H,6-10,15-18H2,1-5H3,(H2,37,45)(H,38,49)(H,39,57)(H,40,46)(H,41,50)(H,42,47)(H,43,48)(H2,52,53,54)/t24-,25+,26+,27+,29-,30-/m0/s1. The van der Waals surface area contributed by atoms with Crippen molar-refractivity contribution in [3.63, 3.8) is 0 Å². The number of nitrogens with one attached hydrogen (secondary N) is 6. The number of hydrogen-bond acceptors (Lipinski definition) is 10. The zero-order chi connectivity index (χ0) is 42.6. The van der Waals surface area contributed by atoms with Crippen molar-refractivity contribution in [2.24, 2.45) is 17.6 Å². The first kappa shape index (κ1) is 46.7. The van der Waals surface area contributed by atoms with Crippen molar-refractivity contribution in [1.29, 1.82) is 0 Å². The van der Waals surface area contributed by atoms with E-state index in [0.717, 1.165) is 0 Å². The fourth-order valence-electron chi connectivity index (χ4n) is 6.57. The molecule has 2 aliphatic rings. The fourth-order valence-corrected chi connectivity index (χ4v) is 7.11. The van der Waals surface area contributed by atoms with Gasteiger partial charge in [-0.05, 0) is 68.6 Å². The minimum atomic E-state index is -4.85. The second-order valence-corrected chi connectivity index (χ2v) is 16.7. The summed E-state index contributed by atoms with van der Waals surface area (Å²) in [4.78, 5) is 115. The fraction of sp³-hybridized carbons (Fsp3) is 0.611.